The van der Waals surface area contributed by atoms with E-state index in [1.54, 1.807) is 0 Å². The molecule has 1 N–H and O–H groups in total. The van der Waals surface area contributed by atoms with Gasteiger partial charge in [0, 0.05) is 18.7 Å². The average Bonchev–Trinajstić information content (AvgIpc) is 3.00. The van der Waals surface area contributed by atoms with E-state index in [0.29, 0.717) is 19.6 Å². The second kappa shape index (κ2) is 10.6. The lowest BCUT2D eigenvalue weighted by Gasteiger charge is -2.26. The van der Waals surface area contributed by atoms with Gasteiger partial charge in [0.1, 0.15) is 5.76 Å². The molecule has 0 radical (unpaired) electrons. The zero-order valence-electron chi connectivity index (χ0n) is 19.0. The quantitative estimate of drug-likeness (QED) is 0.227. The number of aliphatic hydroxyl groups excluding tert-OH is 1. The lowest BCUT2D eigenvalue weighted by Crippen LogP contribution is -2.31. The smallest absolute Gasteiger partial charge is 0.295 e. The molecule has 1 atom stereocenters. The van der Waals surface area contributed by atoms with Crippen molar-refractivity contribution < 1.29 is 24.2 Å². The Kier molecular flexibility index (Phi) is 8.05. The van der Waals surface area contributed by atoms with E-state index < -0.39 is 17.7 Å². The highest BCUT2D eigenvalue weighted by Gasteiger charge is 2.45. The topological polar surface area (TPSA) is 76.1 Å². The molecule has 0 aliphatic carbocycles. The average molecular weight is 492 g/mol. The summed E-state index contributed by atoms with van der Waals surface area (Å²) in [5, 5.41) is 11.5. The summed E-state index contributed by atoms with van der Waals surface area (Å²) in [7, 11) is 1.43. The number of Topliss-reactive ketones (excluding diaryl/α,β-unsaturated/α-hetero) is 1. The fourth-order valence-corrected chi connectivity index (χ4v) is 4.54. The van der Waals surface area contributed by atoms with E-state index in [9.17, 15) is 14.7 Å². The molecule has 1 fully saturated rings. The van der Waals surface area contributed by atoms with Gasteiger partial charge in [-0.25, -0.2) is 0 Å². The number of carbonyl (C=O) groups is 2. The van der Waals surface area contributed by atoms with Crippen molar-refractivity contribution in [3.63, 3.8) is 0 Å². The van der Waals surface area contributed by atoms with Gasteiger partial charge >= 0.3 is 0 Å². The first kappa shape index (κ1) is 25.1. The third kappa shape index (κ3) is 5.35. The highest BCUT2D eigenvalue weighted by Crippen LogP contribution is 2.42. The van der Waals surface area contributed by atoms with Crippen molar-refractivity contribution in [1.82, 2.24) is 4.90 Å². The number of aliphatic hydroxyl groups is 1. The van der Waals surface area contributed by atoms with Gasteiger partial charge in [0.25, 0.3) is 11.7 Å². The van der Waals surface area contributed by atoms with Crippen LogP contribution >= 0.6 is 23.2 Å². The second-order valence-electron chi connectivity index (χ2n) is 8.15. The Hall–Kier alpha value is -2.54. The Balaban J connectivity index is 2.09. The predicted molar refractivity (Wildman–Crippen MR) is 129 cm³/mol. The molecular weight excluding hydrogens is 465 g/mol. The molecule has 0 aromatic heterocycles. The highest BCUT2D eigenvalue weighted by molar-refractivity contribution is 6.46. The first-order valence-corrected chi connectivity index (χ1v) is 11.4. The Morgan fingerprint density at radius 1 is 1.15 bits per heavy atom. The Morgan fingerprint density at radius 3 is 2.39 bits per heavy atom. The summed E-state index contributed by atoms with van der Waals surface area (Å²) < 4.78 is 10.8. The molecule has 8 heteroatoms. The minimum atomic E-state index is -0.758. The normalized spacial score (nSPS) is 17.8. The maximum Gasteiger partial charge on any atom is 0.295 e. The number of halogens is 2. The molecule has 0 saturated carbocycles. The first-order chi connectivity index (χ1) is 15.6. The van der Waals surface area contributed by atoms with Gasteiger partial charge < -0.3 is 19.5 Å². The van der Waals surface area contributed by atoms with Crippen LogP contribution in [-0.2, 0) is 14.3 Å². The lowest BCUT2D eigenvalue weighted by molar-refractivity contribution is -0.140. The zero-order valence-corrected chi connectivity index (χ0v) is 20.5. The van der Waals surface area contributed by atoms with Crippen molar-refractivity contribution >= 4 is 40.7 Å². The van der Waals surface area contributed by atoms with Crippen LogP contribution in [0.4, 0.5) is 0 Å². The summed E-state index contributed by atoms with van der Waals surface area (Å²) in [6.07, 6.45) is 0.617. The van der Waals surface area contributed by atoms with Crippen LogP contribution in [-0.4, -0.2) is 48.1 Å². The van der Waals surface area contributed by atoms with Gasteiger partial charge in [-0.2, -0.15) is 0 Å². The number of methoxy groups -OCH3 is 1. The predicted octanol–water partition coefficient (Wildman–Crippen LogP) is 5.55. The van der Waals surface area contributed by atoms with E-state index >= 15 is 0 Å². The van der Waals surface area contributed by atoms with Crippen molar-refractivity contribution in [2.75, 3.05) is 20.3 Å². The van der Waals surface area contributed by atoms with Crippen molar-refractivity contribution in [3.05, 3.63) is 68.7 Å². The number of benzene rings is 2. The molecule has 0 bridgehead atoms. The van der Waals surface area contributed by atoms with Gasteiger partial charge in [-0.15, -0.1) is 0 Å². The third-order valence-corrected chi connectivity index (χ3v) is 5.93. The highest BCUT2D eigenvalue weighted by atomic mass is 35.5. The summed E-state index contributed by atoms with van der Waals surface area (Å²) in [4.78, 5) is 27.6. The van der Waals surface area contributed by atoms with Crippen LogP contribution in [0.1, 0.15) is 43.0 Å². The minimum absolute atomic E-state index is 0.00678. The van der Waals surface area contributed by atoms with Crippen LogP contribution in [0.3, 0.4) is 0 Å². The summed E-state index contributed by atoms with van der Waals surface area (Å²) in [5.41, 5.74) is 1.92. The maximum absolute atomic E-state index is 13.1. The number of ether oxygens (including phenoxy) is 2. The van der Waals surface area contributed by atoms with E-state index in [1.807, 2.05) is 45.0 Å². The molecule has 6 nitrogen and oxygen atoms in total. The Labute approximate surface area is 203 Å². The van der Waals surface area contributed by atoms with Crippen LogP contribution in [0.25, 0.3) is 5.76 Å². The summed E-state index contributed by atoms with van der Waals surface area (Å²) in [6, 6.07) is 9.68. The van der Waals surface area contributed by atoms with Crippen LogP contribution in [0.2, 0.25) is 10.0 Å². The van der Waals surface area contributed by atoms with Gasteiger partial charge in [0.05, 0.1) is 34.9 Å². The first-order valence-electron chi connectivity index (χ1n) is 10.7. The van der Waals surface area contributed by atoms with Gasteiger partial charge in [-0.05, 0) is 44.9 Å². The van der Waals surface area contributed by atoms with Crippen molar-refractivity contribution in [2.24, 2.45) is 0 Å². The number of nitrogens with zero attached hydrogens (tertiary/aromatic N) is 1. The monoisotopic (exact) mass is 491 g/mol. The van der Waals surface area contributed by atoms with E-state index in [-0.39, 0.29) is 38.8 Å². The fraction of sp³-hybridized carbons (Fsp3) is 0.360. The van der Waals surface area contributed by atoms with Gasteiger partial charge in [0.15, 0.2) is 5.75 Å². The molecule has 33 heavy (non-hydrogen) atoms. The maximum atomic E-state index is 13.1. The molecule has 2 aromatic carbocycles. The fourth-order valence-electron chi connectivity index (χ4n) is 3.90. The van der Waals surface area contributed by atoms with Gasteiger partial charge in [-0.1, -0.05) is 53.0 Å². The molecule has 1 unspecified atom stereocenters. The number of hydrogen-bond donors (Lipinski definition) is 1. The SMILES string of the molecule is COc1c(Cl)cc(/C(O)=C2\C(=O)C(=O)N(CCCOC(C)C)C2c2cccc(C)c2)cc1Cl. The zero-order chi connectivity index (χ0) is 24.3. The van der Waals surface area contributed by atoms with Crippen molar-refractivity contribution in [1.29, 1.82) is 0 Å². The van der Waals surface area contributed by atoms with Crippen LogP contribution < -0.4 is 4.74 Å². The van der Waals surface area contributed by atoms with E-state index in [2.05, 4.69) is 0 Å². The molecule has 176 valence electrons. The minimum Gasteiger partial charge on any atom is -0.507 e. The molecule has 1 aliphatic heterocycles. The third-order valence-electron chi connectivity index (χ3n) is 5.37. The lowest BCUT2D eigenvalue weighted by atomic mass is 9.94. The van der Waals surface area contributed by atoms with Crippen LogP contribution in [0.5, 0.6) is 5.75 Å². The summed E-state index contributed by atoms with van der Waals surface area (Å²) in [6.45, 7) is 6.55. The molecule has 1 amide bonds. The molecule has 2 aromatic rings. The molecule has 1 aliphatic rings. The molecule has 1 heterocycles. The summed E-state index contributed by atoms with van der Waals surface area (Å²) >= 11 is 12.5. The van der Waals surface area contributed by atoms with Crippen molar-refractivity contribution in [3.8, 4) is 5.75 Å². The standard InChI is InChI=1S/C25H27Cl2NO5/c1-14(2)33-10-6-9-28-21(16-8-5-7-15(3)11-16)20(23(30)25(28)31)22(29)17-12-18(26)24(32-4)19(27)13-17/h5,7-8,11-14,21,29H,6,9-10H2,1-4H3/b22-20+. The number of ketones is 1. The summed E-state index contributed by atoms with van der Waals surface area (Å²) in [5.74, 6) is -1.51. The van der Waals surface area contributed by atoms with Gasteiger partial charge in [0.2, 0.25) is 0 Å². The molecular formula is C25H27Cl2NO5. The second-order valence-corrected chi connectivity index (χ2v) is 8.97. The van der Waals surface area contributed by atoms with E-state index in [4.69, 9.17) is 32.7 Å². The van der Waals surface area contributed by atoms with Crippen molar-refractivity contribution in [2.45, 2.75) is 39.3 Å². The van der Waals surface area contributed by atoms with E-state index in [1.165, 1.54) is 24.1 Å². The molecule has 3 rings (SSSR count). The number of likely N-dealkylation sites (tertiary alicyclic amines) is 1. The number of rotatable bonds is 8. The van der Waals surface area contributed by atoms with E-state index in [0.717, 1.165) is 11.1 Å². The number of hydrogen-bond acceptors (Lipinski definition) is 5. The molecule has 1 saturated heterocycles. The Bertz CT molecular complexity index is 1070. The largest absolute Gasteiger partial charge is 0.507 e. The number of carbonyl (C=O) groups excluding carboxylic acids is 2. The molecule has 0 spiro atoms. The number of aryl methyl sites for hydroxylation is 1. The Morgan fingerprint density at radius 2 is 1.82 bits per heavy atom. The van der Waals surface area contributed by atoms with Gasteiger partial charge in [-0.3, -0.25) is 9.59 Å². The van der Waals surface area contributed by atoms with Crippen LogP contribution in [0, 0.1) is 6.92 Å². The van der Waals surface area contributed by atoms with Crippen LogP contribution in [0.15, 0.2) is 42.0 Å². The number of amides is 1.